The van der Waals surface area contributed by atoms with Gasteiger partial charge in [0.05, 0.1) is 11.9 Å². The number of hydrogen-bond acceptors (Lipinski definition) is 4. The minimum absolute atomic E-state index is 0.0847. The first-order chi connectivity index (χ1) is 20.2. The van der Waals surface area contributed by atoms with Gasteiger partial charge in [-0.15, -0.1) is 0 Å². The highest BCUT2D eigenvalue weighted by Gasteiger charge is 2.32. The highest BCUT2D eigenvalue weighted by Crippen LogP contribution is 2.22. The van der Waals surface area contributed by atoms with Crippen molar-refractivity contribution in [3.63, 3.8) is 0 Å². The van der Waals surface area contributed by atoms with Crippen molar-refractivity contribution in [1.82, 2.24) is 10.2 Å². The summed E-state index contributed by atoms with van der Waals surface area (Å²) < 4.78 is 26.5. The fourth-order valence-electron chi connectivity index (χ4n) is 5.53. The van der Waals surface area contributed by atoms with Crippen LogP contribution >= 0.6 is 11.6 Å². The number of rotatable bonds is 13. The second-order valence-corrected chi connectivity index (χ2v) is 13.3. The molecule has 42 heavy (non-hydrogen) atoms. The lowest BCUT2D eigenvalue weighted by atomic mass is 9.94. The maximum Gasteiger partial charge on any atom is 0.243 e. The lowest BCUT2D eigenvalue weighted by molar-refractivity contribution is -0.141. The van der Waals surface area contributed by atoms with E-state index in [0.29, 0.717) is 23.6 Å². The Morgan fingerprint density at radius 3 is 2.19 bits per heavy atom. The molecule has 1 aliphatic rings. The maximum absolute atomic E-state index is 14.0. The first-order valence-corrected chi connectivity index (χ1v) is 16.8. The van der Waals surface area contributed by atoms with Crippen LogP contribution in [0.4, 0.5) is 5.69 Å². The van der Waals surface area contributed by atoms with E-state index in [-0.39, 0.29) is 37.4 Å². The Bertz CT molecular complexity index is 1410. The van der Waals surface area contributed by atoms with Crippen molar-refractivity contribution in [3.05, 3.63) is 101 Å². The Hall–Kier alpha value is -3.36. The Kier molecular flexibility index (Phi) is 11.4. The molecule has 3 aromatic carbocycles. The molecule has 9 heteroatoms. The summed E-state index contributed by atoms with van der Waals surface area (Å²) >= 11 is 6.28. The molecule has 1 N–H and O–H groups in total. The molecular weight excluding hydrogens is 570 g/mol. The summed E-state index contributed by atoms with van der Waals surface area (Å²) in [5.41, 5.74) is 2.33. The fraction of sp³-hybridized carbons (Fsp3) is 0.394. The van der Waals surface area contributed by atoms with E-state index in [1.54, 1.807) is 41.3 Å². The number of carbonyl (C=O) groups excluding carboxylic acids is 2. The number of hydrogen-bond donors (Lipinski definition) is 1. The largest absolute Gasteiger partial charge is 0.352 e. The normalized spacial score (nSPS) is 14.6. The number of benzene rings is 3. The van der Waals surface area contributed by atoms with Crippen molar-refractivity contribution in [3.8, 4) is 0 Å². The van der Waals surface area contributed by atoms with Gasteiger partial charge in [0.2, 0.25) is 21.8 Å². The molecule has 0 heterocycles. The minimum Gasteiger partial charge on any atom is -0.352 e. The van der Waals surface area contributed by atoms with E-state index in [2.05, 4.69) is 5.32 Å². The standard InChI is InChI=1S/C33H40ClN3O4S/c1-42(40,41)37(30-19-9-4-10-20-30)22-12-21-32(38)36(25-27-15-11-16-28(34)23-27)31(24-26-13-5-2-6-14-26)33(39)35-29-17-7-3-8-18-29/h2,4-6,9-11,13-16,19-20,23,29,31H,3,7-8,12,17-18,21-22,24-25H2,1H3,(H,35,39). The predicted molar refractivity (Wildman–Crippen MR) is 169 cm³/mol. The zero-order chi connectivity index (χ0) is 30.0. The van der Waals surface area contributed by atoms with E-state index in [9.17, 15) is 18.0 Å². The van der Waals surface area contributed by atoms with E-state index in [1.807, 2.05) is 48.5 Å². The quantitative estimate of drug-likeness (QED) is 0.258. The number of para-hydroxylation sites is 1. The third-order valence-corrected chi connectivity index (χ3v) is 9.09. The van der Waals surface area contributed by atoms with Crippen LogP contribution in [-0.4, -0.2) is 50.0 Å². The summed E-state index contributed by atoms with van der Waals surface area (Å²) in [5.74, 6) is -0.376. The van der Waals surface area contributed by atoms with Crippen molar-refractivity contribution in [1.29, 1.82) is 0 Å². The zero-order valence-electron chi connectivity index (χ0n) is 24.1. The van der Waals surface area contributed by atoms with Gasteiger partial charge in [-0.25, -0.2) is 8.42 Å². The maximum atomic E-state index is 14.0. The summed E-state index contributed by atoms with van der Waals surface area (Å²) in [6, 6.07) is 25.2. The monoisotopic (exact) mass is 609 g/mol. The van der Waals surface area contributed by atoms with Gasteiger partial charge in [0.15, 0.2) is 0 Å². The van der Waals surface area contributed by atoms with E-state index >= 15 is 0 Å². The van der Waals surface area contributed by atoms with Gasteiger partial charge in [-0.1, -0.05) is 91.5 Å². The van der Waals surface area contributed by atoms with Crippen molar-refractivity contribution in [2.24, 2.45) is 0 Å². The summed E-state index contributed by atoms with van der Waals surface area (Å²) in [5, 5.41) is 3.79. The van der Waals surface area contributed by atoms with Gasteiger partial charge < -0.3 is 10.2 Å². The molecule has 0 bridgehead atoms. The van der Waals surface area contributed by atoms with Gasteiger partial charge in [-0.2, -0.15) is 0 Å². The average molecular weight is 610 g/mol. The summed E-state index contributed by atoms with van der Waals surface area (Å²) in [6.45, 7) is 0.362. The van der Waals surface area contributed by atoms with Gasteiger partial charge in [0, 0.05) is 37.0 Å². The van der Waals surface area contributed by atoms with Crippen LogP contribution in [0.25, 0.3) is 0 Å². The second kappa shape index (κ2) is 15.2. The van der Waals surface area contributed by atoms with Crippen LogP contribution in [0.5, 0.6) is 0 Å². The van der Waals surface area contributed by atoms with Gasteiger partial charge >= 0.3 is 0 Å². The van der Waals surface area contributed by atoms with E-state index < -0.39 is 16.1 Å². The molecule has 0 saturated heterocycles. The summed E-state index contributed by atoms with van der Waals surface area (Å²) in [6.07, 6.45) is 7.13. The van der Waals surface area contributed by atoms with Crippen LogP contribution < -0.4 is 9.62 Å². The lowest BCUT2D eigenvalue weighted by Crippen LogP contribution is -2.52. The lowest BCUT2D eigenvalue weighted by Gasteiger charge is -2.34. The first-order valence-electron chi connectivity index (χ1n) is 14.6. The number of anilines is 1. The molecule has 4 rings (SSSR count). The highest BCUT2D eigenvalue weighted by molar-refractivity contribution is 7.92. The molecule has 1 fully saturated rings. The van der Waals surface area contributed by atoms with Gasteiger partial charge in [-0.05, 0) is 54.7 Å². The number of halogens is 1. The number of nitrogens with zero attached hydrogens (tertiary/aromatic N) is 2. The molecule has 7 nitrogen and oxygen atoms in total. The molecule has 3 aromatic rings. The Labute approximate surface area is 254 Å². The Balaban J connectivity index is 1.58. The van der Waals surface area contributed by atoms with E-state index in [4.69, 9.17) is 11.6 Å². The van der Waals surface area contributed by atoms with Crippen LogP contribution in [0, 0.1) is 0 Å². The molecule has 0 aliphatic heterocycles. The molecule has 1 saturated carbocycles. The second-order valence-electron chi connectivity index (χ2n) is 11.0. The summed E-state index contributed by atoms with van der Waals surface area (Å²) in [7, 11) is -3.55. The molecule has 0 radical (unpaired) electrons. The molecule has 0 spiro atoms. The van der Waals surface area contributed by atoms with Crippen molar-refractivity contribution < 1.29 is 18.0 Å². The van der Waals surface area contributed by atoms with Crippen molar-refractivity contribution in [2.45, 2.75) is 70.0 Å². The minimum atomic E-state index is -3.55. The highest BCUT2D eigenvalue weighted by atomic mass is 35.5. The SMILES string of the molecule is CS(=O)(=O)N(CCCC(=O)N(Cc1cccc(Cl)c1)C(Cc1ccccc1)C(=O)NC1CCCCC1)c1ccccc1. The first kappa shape index (κ1) is 31.6. The van der Waals surface area contributed by atoms with Crippen LogP contribution in [0.1, 0.15) is 56.1 Å². The van der Waals surface area contributed by atoms with Crippen LogP contribution in [0.3, 0.4) is 0 Å². The van der Waals surface area contributed by atoms with E-state index in [1.165, 1.54) is 17.0 Å². The van der Waals surface area contributed by atoms with Gasteiger partial charge in [0.1, 0.15) is 6.04 Å². The van der Waals surface area contributed by atoms with Crippen molar-refractivity contribution in [2.75, 3.05) is 17.1 Å². The third-order valence-electron chi connectivity index (χ3n) is 7.66. The third kappa shape index (κ3) is 9.33. The smallest absolute Gasteiger partial charge is 0.243 e. The Morgan fingerprint density at radius 1 is 0.905 bits per heavy atom. The fourth-order valence-corrected chi connectivity index (χ4v) is 6.71. The molecule has 1 unspecified atom stereocenters. The molecule has 0 aromatic heterocycles. The topological polar surface area (TPSA) is 86.8 Å². The predicted octanol–water partition coefficient (Wildman–Crippen LogP) is 5.98. The molecule has 1 atom stereocenters. The Morgan fingerprint density at radius 2 is 1.55 bits per heavy atom. The molecule has 224 valence electrons. The average Bonchev–Trinajstić information content (AvgIpc) is 2.98. The molecular formula is C33H40ClN3O4S. The van der Waals surface area contributed by atoms with E-state index in [0.717, 1.165) is 36.8 Å². The molecule has 1 aliphatic carbocycles. The number of carbonyl (C=O) groups is 2. The molecule has 2 amide bonds. The van der Waals surface area contributed by atoms with Crippen molar-refractivity contribution >= 4 is 39.1 Å². The number of sulfonamides is 1. The van der Waals surface area contributed by atoms with Gasteiger partial charge in [-0.3, -0.25) is 13.9 Å². The number of amides is 2. The number of nitrogens with one attached hydrogen (secondary N) is 1. The van der Waals surface area contributed by atoms with Gasteiger partial charge in [0.25, 0.3) is 0 Å². The zero-order valence-corrected chi connectivity index (χ0v) is 25.7. The van der Waals surface area contributed by atoms with Crippen LogP contribution in [-0.2, 0) is 32.6 Å². The summed E-state index contributed by atoms with van der Waals surface area (Å²) in [4.78, 5) is 29.5. The van der Waals surface area contributed by atoms with Crippen LogP contribution in [0.15, 0.2) is 84.9 Å². The van der Waals surface area contributed by atoms with Crippen LogP contribution in [0.2, 0.25) is 5.02 Å².